The van der Waals surface area contributed by atoms with E-state index in [2.05, 4.69) is 33.1 Å². The van der Waals surface area contributed by atoms with E-state index in [0.717, 1.165) is 49.4 Å². The minimum Gasteiger partial charge on any atom is -0.368 e. The minimum absolute atomic E-state index is 0.00283. The third kappa shape index (κ3) is 2.42. The average Bonchev–Trinajstić information content (AvgIpc) is 2.58. The Bertz CT molecular complexity index is 786. The fourth-order valence-electron chi connectivity index (χ4n) is 4.00. The summed E-state index contributed by atoms with van der Waals surface area (Å²) >= 11 is 0. The molecule has 0 aliphatic carbocycles. The molecule has 6 nitrogen and oxygen atoms in total. The third-order valence-corrected chi connectivity index (χ3v) is 5.19. The predicted molar refractivity (Wildman–Crippen MR) is 92.0 cm³/mol. The van der Waals surface area contributed by atoms with Gasteiger partial charge >= 0.3 is 0 Å². The zero-order chi connectivity index (χ0) is 16.0. The van der Waals surface area contributed by atoms with Crippen molar-refractivity contribution < 1.29 is 0 Å². The van der Waals surface area contributed by atoms with E-state index in [9.17, 15) is 4.79 Å². The standard InChI is InChI=1S/C17H23N5O/c1-12-10-21(11-13-9-18-6-7-22(12)13)15-8-16(23)20(2)17-14(15)4-3-5-19-17/h3-5,8,12-13,18H,6-7,9-11H2,1-2H3/t12-,13+/m1/s1. The molecule has 2 aliphatic rings. The van der Waals surface area contributed by atoms with Crippen LogP contribution in [0.3, 0.4) is 0 Å². The Morgan fingerprint density at radius 1 is 1.35 bits per heavy atom. The summed E-state index contributed by atoms with van der Waals surface area (Å²) in [4.78, 5) is 21.7. The van der Waals surface area contributed by atoms with E-state index in [1.807, 2.05) is 6.07 Å². The van der Waals surface area contributed by atoms with Gasteiger partial charge in [-0.1, -0.05) is 0 Å². The first-order chi connectivity index (χ1) is 11.1. The molecule has 0 amide bonds. The molecule has 4 rings (SSSR count). The molecule has 23 heavy (non-hydrogen) atoms. The summed E-state index contributed by atoms with van der Waals surface area (Å²) in [6.45, 7) is 7.38. The molecule has 2 fully saturated rings. The summed E-state index contributed by atoms with van der Waals surface area (Å²) in [5.74, 6) is 0. The second-order valence-corrected chi connectivity index (χ2v) is 6.65. The Hall–Kier alpha value is -1.92. The molecule has 4 heterocycles. The summed E-state index contributed by atoms with van der Waals surface area (Å²) in [6, 6.07) is 6.77. The van der Waals surface area contributed by atoms with Crippen LogP contribution in [0.5, 0.6) is 0 Å². The Morgan fingerprint density at radius 3 is 3.09 bits per heavy atom. The Balaban J connectivity index is 1.77. The largest absolute Gasteiger partial charge is 0.368 e. The van der Waals surface area contributed by atoms with Gasteiger partial charge in [0.2, 0.25) is 0 Å². The van der Waals surface area contributed by atoms with Gasteiger partial charge < -0.3 is 10.2 Å². The molecule has 0 bridgehead atoms. The zero-order valence-corrected chi connectivity index (χ0v) is 13.7. The van der Waals surface area contributed by atoms with Crippen molar-refractivity contribution in [2.45, 2.75) is 19.0 Å². The summed E-state index contributed by atoms with van der Waals surface area (Å²) in [6.07, 6.45) is 1.75. The van der Waals surface area contributed by atoms with Crippen molar-refractivity contribution in [1.29, 1.82) is 0 Å². The maximum atomic E-state index is 12.3. The number of hydrogen-bond acceptors (Lipinski definition) is 5. The van der Waals surface area contributed by atoms with Crippen LogP contribution in [0.15, 0.2) is 29.2 Å². The fourth-order valence-corrected chi connectivity index (χ4v) is 4.00. The average molecular weight is 313 g/mol. The number of piperazine rings is 2. The number of nitrogens with one attached hydrogen (secondary N) is 1. The van der Waals surface area contributed by atoms with E-state index in [1.54, 1.807) is 23.9 Å². The third-order valence-electron chi connectivity index (χ3n) is 5.19. The van der Waals surface area contributed by atoms with Crippen LogP contribution in [0.4, 0.5) is 5.69 Å². The first-order valence-electron chi connectivity index (χ1n) is 8.31. The van der Waals surface area contributed by atoms with Gasteiger partial charge in [0.05, 0.1) is 5.69 Å². The normalized spacial score (nSPS) is 25.6. The highest BCUT2D eigenvalue weighted by molar-refractivity contribution is 5.89. The summed E-state index contributed by atoms with van der Waals surface area (Å²) in [7, 11) is 1.78. The lowest BCUT2D eigenvalue weighted by atomic mass is 10.0. The van der Waals surface area contributed by atoms with Crippen LogP contribution in [0.2, 0.25) is 0 Å². The van der Waals surface area contributed by atoms with E-state index >= 15 is 0 Å². The van der Waals surface area contributed by atoms with Crippen LogP contribution in [0.1, 0.15) is 6.92 Å². The molecule has 0 saturated carbocycles. The smallest absolute Gasteiger partial charge is 0.253 e. The molecule has 0 spiro atoms. The Labute approximate surface area is 135 Å². The van der Waals surface area contributed by atoms with E-state index in [4.69, 9.17) is 0 Å². The lowest BCUT2D eigenvalue weighted by Gasteiger charge is -2.49. The molecule has 0 radical (unpaired) electrons. The van der Waals surface area contributed by atoms with E-state index in [0.29, 0.717) is 12.1 Å². The lowest BCUT2D eigenvalue weighted by molar-refractivity contribution is 0.0971. The number of fused-ring (bicyclic) bond motifs is 2. The van der Waals surface area contributed by atoms with Crippen LogP contribution in [0.25, 0.3) is 11.0 Å². The lowest BCUT2D eigenvalue weighted by Crippen LogP contribution is -2.64. The van der Waals surface area contributed by atoms with Crippen molar-refractivity contribution in [1.82, 2.24) is 19.8 Å². The highest BCUT2D eigenvalue weighted by Gasteiger charge is 2.34. The van der Waals surface area contributed by atoms with Crippen molar-refractivity contribution in [2.75, 3.05) is 37.6 Å². The Morgan fingerprint density at radius 2 is 2.22 bits per heavy atom. The molecule has 6 heteroatoms. The quantitative estimate of drug-likeness (QED) is 0.827. The number of anilines is 1. The molecule has 2 aromatic heterocycles. The molecule has 2 atom stereocenters. The van der Waals surface area contributed by atoms with Gasteiger partial charge in [0, 0.05) is 69.5 Å². The van der Waals surface area contributed by atoms with Gasteiger partial charge in [-0.15, -0.1) is 0 Å². The molecule has 1 N–H and O–H groups in total. The topological polar surface area (TPSA) is 53.4 Å². The minimum atomic E-state index is 0.00283. The number of hydrogen-bond donors (Lipinski definition) is 1. The van der Waals surface area contributed by atoms with Crippen LogP contribution in [0, 0.1) is 0 Å². The monoisotopic (exact) mass is 313 g/mol. The van der Waals surface area contributed by atoms with E-state index in [1.165, 1.54) is 0 Å². The highest BCUT2D eigenvalue weighted by atomic mass is 16.1. The number of aromatic nitrogens is 2. The van der Waals surface area contributed by atoms with Gasteiger partial charge in [0.25, 0.3) is 5.56 Å². The van der Waals surface area contributed by atoms with Gasteiger partial charge in [0.1, 0.15) is 5.65 Å². The number of pyridine rings is 2. The van der Waals surface area contributed by atoms with E-state index < -0.39 is 0 Å². The van der Waals surface area contributed by atoms with Crippen molar-refractivity contribution in [3.05, 3.63) is 34.7 Å². The van der Waals surface area contributed by atoms with Gasteiger partial charge in [-0.2, -0.15) is 0 Å². The summed E-state index contributed by atoms with van der Waals surface area (Å²) in [5, 5.41) is 4.54. The Kier molecular flexibility index (Phi) is 3.58. The first-order valence-corrected chi connectivity index (χ1v) is 8.31. The second-order valence-electron chi connectivity index (χ2n) is 6.65. The highest BCUT2D eigenvalue weighted by Crippen LogP contribution is 2.28. The molecule has 0 aromatic carbocycles. The van der Waals surface area contributed by atoms with Crippen molar-refractivity contribution >= 4 is 16.7 Å². The molecular weight excluding hydrogens is 290 g/mol. The van der Waals surface area contributed by atoms with Crippen LogP contribution >= 0.6 is 0 Å². The molecular formula is C17H23N5O. The maximum absolute atomic E-state index is 12.3. The van der Waals surface area contributed by atoms with Crippen LogP contribution < -0.4 is 15.8 Å². The predicted octanol–water partition coefficient (Wildman–Crippen LogP) is 0.416. The number of aryl methyl sites for hydroxylation is 1. The fraction of sp³-hybridized carbons (Fsp3) is 0.529. The van der Waals surface area contributed by atoms with Crippen molar-refractivity contribution in [3.63, 3.8) is 0 Å². The maximum Gasteiger partial charge on any atom is 0.253 e. The summed E-state index contributed by atoms with van der Waals surface area (Å²) in [5.41, 5.74) is 1.78. The second kappa shape index (κ2) is 5.62. The van der Waals surface area contributed by atoms with Crippen molar-refractivity contribution in [3.8, 4) is 0 Å². The van der Waals surface area contributed by atoms with Gasteiger partial charge in [-0.3, -0.25) is 14.3 Å². The molecule has 2 aliphatic heterocycles. The van der Waals surface area contributed by atoms with Crippen molar-refractivity contribution in [2.24, 2.45) is 7.05 Å². The number of nitrogens with zero attached hydrogens (tertiary/aromatic N) is 4. The van der Waals surface area contributed by atoms with Gasteiger partial charge in [-0.25, -0.2) is 4.98 Å². The summed E-state index contributed by atoms with van der Waals surface area (Å²) < 4.78 is 1.63. The first kappa shape index (κ1) is 14.7. The zero-order valence-electron chi connectivity index (χ0n) is 13.7. The molecule has 122 valence electrons. The SMILES string of the molecule is C[C@@H]1CN(c2cc(=O)n(C)c3ncccc23)C[C@@H]2CNCCN21. The molecule has 2 saturated heterocycles. The van der Waals surface area contributed by atoms with Crippen LogP contribution in [-0.4, -0.2) is 59.3 Å². The number of rotatable bonds is 1. The van der Waals surface area contributed by atoms with E-state index in [-0.39, 0.29) is 5.56 Å². The molecule has 2 aromatic rings. The van der Waals surface area contributed by atoms with Gasteiger partial charge in [0.15, 0.2) is 0 Å². The van der Waals surface area contributed by atoms with Gasteiger partial charge in [-0.05, 0) is 19.1 Å². The van der Waals surface area contributed by atoms with Crippen LogP contribution in [-0.2, 0) is 7.05 Å². The molecule has 0 unspecified atom stereocenters.